The molecule has 5 aromatic carbocycles. The van der Waals surface area contributed by atoms with Crippen LogP contribution in [0.25, 0.3) is 0 Å². The lowest BCUT2D eigenvalue weighted by Crippen LogP contribution is -3.06. The summed E-state index contributed by atoms with van der Waals surface area (Å²) in [5, 5.41) is 0. The summed E-state index contributed by atoms with van der Waals surface area (Å²) in [6.45, 7) is 6.76. The lowest BCUT2D eigenvalue weighted by atomic mass is 9.12. The van der Waals surface area contributed by atoms with Crippen LogP contribution in [0.15, 0.2) is 30.3 Å². The minimum absolute atomic E-state index is 1.17. The molecule has 0 heterocycles. The summed E-state index contributed by atoms with van der Waals surface area (Å²) in [4.78, 5) is 1.55. The first-order chi connectivity index (χ1) is 26.1. The molecule has 0 spiro atoms. The van der Waals surface area contributed by atoms with E-state index in [4.69, 9.17) is 0 Å². The Balaban J connectivity index is 0.000000544. The summed E-state index contributed by atoms with van der Waals surface area (Å²) in [6.07, 6.45) is -7.22. The van der Waals surface area contributed by atoms with E-state index in [0.29, 0.717) is 0 Å². The number of para-hydroxylation sites is 1. The summed E-state index contributed by atoms with van der Waals surface area (Å²) in [6, 6.07) is 10.6. The maximum absolute atomic E-state index is 15.4. The van der Waals surface area contributed by atoms with Crippen LogP contribution in [0.3, 0.4) is 0 Å². The molecule has 0 bridgehead atoms. The van der Waals surface area contributed by atoms with Gasteiger partial charge in [-0.15, -0.1) is 21.9 Å². The minimum atomic E-state index is -7.22. The Morgan fingerprint density at radius 2 is 0.482 bits per heavy atom. The lowest BCUT2D eigenvalue weighted by Gasteiger charge is -2.44. The molecule has 0 aromatic heterocycles. The molecule has 0 aliphatic carbocycles. The van der Waals surface area contributed by atoms with Crippen molar-refractivity contribution in [2.45, 2.75) is 13.8 Å². The van der Waals surface area contributed by atoms with Gasteiger partial charge in [-0.25, -0.2) is 87.8 Å². The van der Waals surface area contributed by atoms with Crippen molar-refractivity contribution in [2.75, 3.05) is 13.1 Å². The van der Waals surface area contributed by atoms with Crippen molar-refractivity contribution in [1.29, 1.82) is 0 Å². The van der Waals surface area contributed by atoms with E-state index in [9.17, 15) is 52.7 Å². The van der Waals surface area contributed by atoms with Crippen LogP contribution in [0.2, 0.25) is 0 Å². The van der Waals surface area contributed by atoms with Crippen molar-refractivity contribution < 1.29 is 92.7 Å². The van der Waals surface area contributed by atoms with E-state index in [1.807, 2.05) is 0 Å². The highest BCUT2D eigenvalue weighted by Crippen LogP contribution is 2.30. The molecule has 0 radical (unpaired) electrons. The number of hydrogen-bond acceptors (Lipinski definition) is 0. The Morgan fingerprint density at radius 1 is 0.304 bits per heavy atom. The number of halogens is 20. The molecule has 0 aliphatic rings. The quantitative estimate of drug-likeness (QED) is 0.0775. The molecule has 56 heavy (non-hydrogen) atoms. The van der Waals surface area contributed by atoms with Crippen molar-refractivity contribution >= 4 is 33.7 Å². The third kappa shape index (κ3) is 6.49. The molecule has 300 valence electrons. The Kier molecular flexibility index (Phi) is 12.5. The second-order valence-electron chi connectivity index (χ2n) is 11.5. The van der Waals surface area contributed by atoms with Crippen LogP contribution in [0, 0.1) is 116 Å². The Labute approximate surface area is 300 Å². The first-order valence-electron chi connectivity index (χ1n) is 15.2. The van der Waals surface area contributed by atoms with E-state index < -0.39 is 144 Å². The third-order valence-electron chi connectivity index (χ3n) is 8.74. The molecule has 5 rings (SSSR count). The predicted octanol–water partition coefficient (Wildman–Crippen LogP) is 7.09. The highest BCUT2D eigenvalue weighted by molar-refractivity contribution is 7.20. The van der Waals surface area contributed by atoms with Crippen molar-refractivity contribution in [2.24, 2.45) is 0 Å². The predicted molar refractivity (Wildman–Crippen MR) is 157 cm³/mol. The van der Waals surface area contributed by atoms with Crippen LogP contribution < -0.4 is 26.8 Å². The first-order valence-corrected chi connectivity index (χ1v) is 15.2. The maximum Gasteiger partial charge on any atom is 0.200 e. The largest absolute Gasteiger partial charge is 0.303 e. The van der Waals surface area contributed by atoms with Gasteiger partial charge >= 0.3 is 0 Å². The van der Waals surface area contributed by atoms with Crippen LogP contribution in [-0.4, -0.2) is 19.2 Å². The van der Waals surface area contributed by atoms with Crippen LogP contribution in [0.4, 0.5) is 93.5 Å². The fourth-order valence-electron chi connectivity index (χ4n) is 6.21. The molecule has 0 fully saturated rings. The summed E-state index contributed by atoms with van der Waals surface area (Å²) in [5.74, 6) is -71.4. The Bertz CT molecular complexity index is 1960. The van der Waals surface area contributed by atoms with Crippen molar-refractivity contribution in [1.82, 2.24) is 0 Å². The fraction of sp³-hybridized carbons (Fsp3) is 0.118. The van der Waals surface area contributed by atoms with E-state index in [2.05, 4.69) is 44.2 Å². The van der Waals surface area contributed by atoms with Gasteiger partial charge in [-0.2, -0.15) is 0 Å². The smallest absolute Gasteiger partial charge is 0.200 e. The number of nitrogens with one attached hydrogen (secondary N) is 1. The van der Waals surface area contributed by atoms with Crippen molar-refractivity contribution in [3.8, 4) is 0 Å². The molecule has 1 N–H and O–H groups in total. The van der Waals surface area contributed by atoms with Gasteiger partial charge in [-0.05, 0) is 26.0 Å². The molecule has 0 saturated carbocycles. The zero-order chi connectivity index (χ0) is 42.5. The summed E-state index contributed by atoms with van der Waals surface area (Å²) >= 11 is 0. The van der Waals surface area contributed by atoms with Gasteiger partial charge in [0.25, 0.3) is 0 Å². The highest BCUT2D eigenvalue weighted by Gasteiger charge is 2.52. The van der Waals surface area contributed by atoms with Crippen LogP contribution in [0.5, 0.6) is 0 Å². The molecule has 0 aliphatic heterocycles. The Hall–Kier alpha value is -5.28. The topological polar surface area (TPSA) is 4.44 Å². The number of quaternary nitrogens is 1. The van der Waals surface area contributed by atoms with E-state index >= 15 is 35.1 Å². The molecule has 0 unspecified atom stereocenters. The average molecular weight is 829 g/mol. The summed E-state index contributed by atoms with van der Waals surface area (Å²) in [5.41, 5.74) is -12.9. The number of hydrogen-bond donors (Lipinski definition) is 1. The van der Waals surface area contributed by atoms with E-state index in [-0.39, 0.29) is 0 Å². The second kappa shape index (κ2) is 16.1. The standard InChI is InChI=1S/C24BF20.C10H15N/c26-5-1(6(27)14(35)21(42)13(5)34)25(2-7(28)15(36)22(43)16(37)8(2)29,3-9(30)17(38)23(44)18(39)10(3)31)4-11(32)19(40)24(45)20(41)12(4)33;1-3-11(4-2)10-8-6-5-7-9-10/h;5-9H,3-4H2,1-2H3/q-1;/p+1. The third-order valence-corrected chi connectivity index (χ3v) is 8.74. The van der Waals surface area contributed by atoms with Gasteiger partial charge in [0.15, 0.2) is 69.8 Å². The Morgan fingerprint density at radius 3 is 0.661 bits per heavy atom. The number of rotatable bonds is 7. The van der Waals surface area contributed by atoms with Crippen molar-refractivity contribution in [3.05, 3.63) is 147 Å². The maximum atomic E-state index is 15.4. The summed E-state index contributed by atoms with van der Waals surface area (Å²) in [7, 11) is 0. The van der Waals surface area contributed by atoms with E-state index in [0.717, 1.165) is 0 Å². The zero-order valence-corrected chi connectivity index (χ0v) is 27.4. The first kappa shape index (κ1) is 43.5. The monoisotopic (exact) mass is 829 g/mol. The molecule has 0 atom stereocenters. The molecule has 1 nitrogen and oxygen atoms in total. The molecular formula is C34H16BF20N. The van der Waals surface area contributed by atoms with Gasteiger partial charge < -0.3 is 4.90 Å². The lowest BCUT2D eigenvalue weighted by molar-refractivity contribution is -0.828. The molecule has 5 aromatic rings. The average Bonchev–Trinajstić information content (AvgIpc) is 3.18. The van der Waals surface area contributed by atoms with E-state index in [1.165, 1.54) is 18.8 Å². The van der Waals surface area contributed by atoms with Crippen LogP contribution in [0.1, 0.15) is 13.8 Å². The van der Waals surface area contributed by atoms with Gasteiger partial charge in [0.1, 0.15) is 58.4 Å². The fourth-order valence-corrected chi connectivity index (χ4v) is 6.21. The van der Waals surface area contributed by atoms with E-state index in [1.54, 1.807) is 4.90 Å². The van der Waals surface area contributed by atoms with Gasteiger partial charge in [0, 0.05) is 0 Å². The van der Waals surface area contributed by atoms with Gasteiger partial charge in [0.2, 0.25) is 0 Å². The van der Waals surface area contributed by atoms with Crippen LogP contribution >= 0.6 is 0 Å². The minimum Gasteiger partial charge on any atom is -0.303 e. The van der Waals surface area contributed by atoms with Gasteiger partial charge in [0.05, 0.1) is 13.1 Å². The molecular weight excluding hydrogens is 813 g/mol. The van der Waals surface area contributed by atoms with Gasteiger partial charge in [-0.1, -0.05) is 18.2 Å². The molecule has 0 saturated heterocycles. The molecule has 0 amide bonds. The SMILES string of the molecule is CC[NH+](CC)c1ccccc1.Fc1c(F)c(F)c([B-](c2c(F)c(F)c(F)c(F)c2F)(c2c(F)c(F)c(F)c(F)c2F)c2c(F)c(F)c(F)c(F)c2F)c(F)c1F. The van der Waals surface area contributed by atoms with Gasteiger partial charge in [-0.3, -0.25) is 0 Å². The highest BCUT2D eigenvalue weighted by atomic mass is 19.2. The second-order valence-corrected chi connectivity index (χ2v) is 11.5. The number of benzene rings is 5. The summed E-state index contributed by atoms with van der Waals surface area (Å²) < 4.78 is 294. The van der Waals surface area contributed by atoms with Crippen molar-refractivity contribution in [3.63, 3.8) is 0 Å². The van der Waals surface area contributed by atoms with Crippen LogP contribution in [-0.2, 0) is 0 Å². The normalized spacial score (nSPS) is 11.7. The molecule has 22 heteroatoms. The zero-order valence-electron chi connectivity index (χ0n) is 27.4.